The molecule has 1 unspecified atom stereocenters. The molecule has 1 atom stereocenters. The first-order valence-electron chi connectivity index (χ1n) is 9.82. The smallest absolute Gasteiger partial charge is 0.256 e. The van der Waals surface area contributed by atoms with Crippen molar-refractivity contribution in [1.29, 1.82) is 0 Å². The van der Waals surface area contributed by atoms with Gasteiger partial charge >= 0.3 is 0 Å². The molecule has 1 fully saturated rings. The molecule has 0 aliphatic carbocycles. The molecule has 1 aliphatic rings. The normalized spacial score (nSPS) is 15.9. The predicted octanol–water partition coefficient (Wildman–Crippen LogP) is 0.950. The minimum Gasteiger partial charge on any atom is -0.437 e. The van der Waals surface area contributed by atoms with Gasteiger partial charge in [-0.15, -0.1) is 0 Å². The van der Waals surface area contributed by atoms with Crippen LogP contribution in [0.15, 0.2) is 30.3 Å². The molecule has 0 radical (unpaired) electrons. The Morgan fingerprint density at radius 3 is 2.62 bits per heavy atom. The summed E-state index contributed by atoms with van der Waals surface area (Å²) in [5.41, 5.74) is 1.26. The number of aryl methyl sites for hydroxylation is 1. The van der Waals surface area contributed by atoms with E-state index in [9.17, 15) is 23.1 Å². The summed E-state index contributed by atoms with van der Waals surface area (Å²) >= 11 is 0. The zero-order valence-corrected chi connectivity index (χ0v) is 17.3. The first-order valence-corrected chi connectivity index (χ1v) is 9.82. The van der Waals surface area contributed by atoms with Crippen LogP contribution in [-0.4, -0.2) is 70.7 Å². The number of aliphatic hydroxyl groups is 2. The van der Waals surface area contributed by atoms with E-state index in [4.69, 9.17) is 15.1 Å². The van der Waals surface area contributed by atoms with E-state index in [1.54, 1.807) is 13.0 Å². The summed E-state index contributed by atoms with van der Waals surface area (Å²) in [6, 6.07) is 6.09. The second kappa shape index (κ2) is 9.84. The van der Waals surface area contributed by atoms with E-state index in [0.717, 1.165) is 12.1 Å². The van der Waals surface area contributed by atoms with Crippen LogP contribution in [0, 0.1) is 24.4 Å². The zero-order chi connectivity index (χ0) is 23.5. The highest BCUT2D eigenvalue weighted by Crippen LogP contribution is 2.31. The number of carbonyl (C=O) groups is 1. The van der Waals surface area contributed by atoms with E-state index in [0.29, 0.717) is 5.56 Å². The van der Waals surface area contributed by atoms with Crippen molar-refractivity contribution in [2.24, 2.45) is 0 Å². The number of aliphatic hydroxyl groups excluding tert-OH is 2. The second-order valence-electron chi connectivity index (χ2n) is 7.80. The summed E-state index contributed by atoms with van der Waals surface area (Å²) in [5, 5.41) is 28.7. The van der Waals surface area contributed by atoms with Crippen LogP contribution in [0.3, 0.4) is 0 Å². The van der Waals surface area contributed by atoms with E-state index in [1.165, 1.54) is 17.0 Å². The minimum atomic E-state index is -1.31. The van der Waals surface area contributed by atoms with Crippen molar-refractivity contribution < 1.29 is 38.1 Å². The Morgan fingerprint density at radius 1 is 1.25 bits per heavy atom. The van der Waals surface area contributed by atoms with Crippen molar-refractivity contribution in [2.45, 2.75) is 18.6 Å². The highest BCUT2D eigenvalue weighted by atomic mass is 19.2. The van der Waals surface area contributed by atoms with Gasteiger partial charge < -0.3 is 25.5 Å². The average molecular weight is 456 g/mol. The molecule has 2 aromatic rings. The first-order chi connectivity index (χ1) is 15.1. The van der Waals surface area contributed by atoms with Crippen LogP contribution in [0.5, 0.6) is 0 Å². The Labute approximate surface area is 182 Å². The molecule has 0 bridgehead atoms. The van der Waals surface area contributed by atoms with Crippen LogP contribution < -0.4 is 10.8 Å². The number of benzene rings is 2. The van der Waals surface area contributed by atoms with E-state index < -0.39 is 47.4 Å². The lowest BCUT2D eigenvalue weighted by Gasteiger charge is -2.42. The van der Waals surface area contributed by atoms with Crippen molar-refractivity contribution in [3.8, 4) is 0 Å². The summed E-state index contributed by atoms with van der Waals surface area (Å²) in [7, 11) is 0. The lowest BCUT2D eigenvalue weighted by molar-refractivity contribution is -0.114. The third-order valence-corrected chi connectivity index (χ3v) is 4.98. The van der Waals surface area contributed by atoms with Gasteiger partial charge in [-0.1, -0.05) is 6.07 Å². The molecule has 1 amide bonds. The summed E-state index contributed by atoms with van der Waals surface area (Å²) in [5.74, 6) is -3.83. The standard InChI is InChI=1S/C21H24F3N3O5/c1-12-2-5-17(16(23)6-12)26-19-14(3-4-15(22)18(19)24)20(30)27-10-21(31,11-27)9-25-32-8-13(29)7-28/h2-6,13,25-26,28-29,31H,7-11H2,1H3/p+1. The number of likely N-dealkylation sites (tertiary alicyclic amines) is 1. The van der Waals surface area contributed by atoms with Gasteiger partial charge in [0.1, 0.15) is 11.9 Å². The summed E-state index contributed by atoms with van der Waals surface area (Å²) in [6.45, 7) is 1.05. The van der Waals surface area contributed by atoms with Gasteiger partial charge in [0, 0.05) is 0 Å². The van der Waals surface area contributed by atoms with Crippen LogP contribution >= 0.6 is 0 Å². The molecular formula is C21H25F3N3O5+. The van der Waals surface area contributed by atoms with E-state index >= 15 is 0 Å². The molecule has 0 aromatic heterocycles. The molecule has 1 heterocycles. The molecule has 0 saturated carbocycles. The molecule has 1 saturated heterocycles. The van der Waals surface area contributed by atoms with Crippen LogP contribution in [-0.2, 0) is 4.84 Å². The van der Waals surface area contributed by atoms with Crippen LogP contribution in [0.1, 0.15) is 15.9 Å². The molecular weight excluding hydrogens is 431 g/mol. The Morgan fingerprint density at radius 2 is 1.97 bits per heavy atom. The highest BCUT2D eigenvalue weighted by molar-refractivity contribution is 6.01. The number of hydrogen-bond acceptors (Lipinski definition) is 6. The fraction of sp³-hybridized carbons (Fsp3) is 0.381. The molecule has 3 rings (SSSR count). The largest absolute Gasteiger partial charge is 0.437 e. The minimum absolute atomic E-state index is 0.0118. The molecule has 1 aliphatic heterocycles. The lowest BCUT2D eigenvalue weighted by atomic mass is 9.93. The number of amides is 1. The van der Waals surface area contributed by atoms with Crippen molar-refractivity contribution in [2.75, 3.05) is 38.2 Å². The summed E-state index contributed by atoms with van der Waals surface area (Å²) < 4.78 is 42.6. The Hall–Kier alpha value is -2.70. The van der Waals surface area contributed by atoms with E-state index in [2.05, 4.69) is 10.8 Å². The Bertz CT molecular complexity index is 985. The number of nitrogens with zero attached hydrogens (tertiary/aromatic N) is 1. The van der Waals surface area contributed by atoms with Gasteiger partial charge in [-0.05, 0) is 36.8 Å². The number of anilines is 2. The van der Waals surface area contributed by atoms with Crippen LogP contribution in [0.25, 0.3) is 0 Å². The molecule has 8 nitrogen and oxygen atoms in total. The van der Waals surface area contributed by atoms with Gasteiger partial charge in [0.2, 0.25) is 5.60 Å². The summed E-state index contributed by atoms with van der Waals surface area (Å²) in [6.07, 6.45) is -1.05. The van der Waals surface area contributed by atoms with E-state index in [1.807, 2.05) is 0 Å². The maximum atomic E-state index is 14.5. The molecule has 32 heavy (non-hydrogen) atoms. The fourth-order valence-electron chi connectivity index (χ4n) is 3.21. The SMILES string of the molecule is Cc1ccc(Nc2c(C(=O)N3CC([OH2+])(CNOCC(O)CO)C3)ccc(F)c2F)c(F)c1. The average Bonchev–Trinajstić information content (AvgIpc) is 2.73. The molecule has 11 heteroatoms. The Kier molecular flexibility index (Phi) is 7.36. The summed E-state index contributed by atoms with van der Waals surface area (Å²) in [4.78, 5) is 19.1. The maximum absolute atomic E-state index is 14.5. The highest BCUT2D eigenvalue weighted by Gasteiger charge is 2.49. The number of halogens is 3. The topological polar surface area (TPSA) is 117 Å². The number of hydrogen-bond donors (Lipinski definition) is 4. The fourth-order valence-corrected chi connectivity index (χ4v) is 3.21. The molecule has 174 valence electrons. The van der Waals surface area contributed by atoms with Gasteiger partial charge in [0.15, 0.2) is 11.6 Å². The van der Waals surface area contributed by atoms with Crippen LogP contribution in [0.2, 0.25) is 0 Å². The molecule has 6 N–H and O–H groups in total. The third-order valence-electron chi connectivity index (χ3n) is 4.98. The van der Waals surface area contributed by atoms with Gasteiger partial charge in [-0.2, -0.15) is 5.48 Å². The van der Waals surface area contributed by atoms with Crippen molar-refractivity contribution in [1.82, 2.24) is 10.4 Å². The number of nitrogens with one attached hydrogen (secondary N) is 2. The van der Waals surface area contributed by atoms with Gasteiger partial charge in [-0.3, -0.25) is 9.63 Å². The first kappa shape index (κ1) is 24.0. The quantitative estimate of drug-likeness (QED) is 0.254. The molecule has 2 aromatic carbocycles. The third kappa shape index (κ3) is 5.37. The number of carbonyl (C=O) groups excluding carboxylic acids is 1. The lowest BCUT2D eigenvalue weighted by Crippen LogP contribution is -2.67. The van der Waals surface area contributed by atoms with E-state index in [-0.39, 0.29) is 37.5 Å². The maximum Gasteiger partial charge on any atom is 0.256 e. The second-order valence-corrected chi connectivity index (χ2v) is 7.80. The van der Waals surface area contributed by atoms with Crippen molar-refractivity contribution in [3.63, 3.8) is 0 Å². The van der Waals surface area contributed by atoms with Crippen molar-refractivity contribution >= 4 is 17.3 Å². The number of rotatable bonds is 9. The van der Waals surface area contributed by atoms with Gasteiger partial charge in [-0.25, -0.2) is 13.2 Å². The monoisotopic (exact) mass is 456 g/mol. The Balaban J connectivity index is 1.69. The van der Waals surface area contributed by atoms with Crippen LogP contribution in [0.4, 0.5) is 24.5 Å². The zero-order valence-electron chi connectivity index (χ0n) is 17.3. The van der Waals surface area contributed by atoms with Crippen molar-refractivity contribution in [3.05, 3.63) is 58.9 Å². The van der Waals surface area contributed by atoms with Gasteiger partial charge in [0.05, 0.1) is 49.8 Å². The van der Waals surface area contributed by atoms with Gasteiger partial charge in [0.25, 0.3) is 5.91 Å². The number of hydroxylamine groups is 1. The molecule has 0 spiro atoms. The predicted molar refractivity (Wildman–Crippen MR) is 110 cm³/mol.